The van der Waals surface area contributed by atoms with Crippen molar-refractivity contribution in [3.8, 4) is 12.3 Å². The molecule has 0 saturated carbocycles. The first-order valence-electron chi connectivity index (χ1n) is 6.68. The van der Waals surface area contributed by atoms with Crippen LogP contribution in [0.15, 0.2) is 30.3 Å². The fraction of sp³-hybridized carbons (Fsp3) is 0.500. The van der Waals surface area contributed by atoms with Crippen molar-refractivity contribution in [2.75, 3.05) is 13.1 Å². The van der Waals surface area contributed by atoms with Crippen LogP contribution < -0.4 is 12.4 Å². The summed E-state index contributed by atoms with van der Waals surface area (Å²) in [4.78, 5) is 0. The van der Waals surface area contributed by atoms with Crippen molar-refractivity contribution in [3.05, 3.63) is 35.9 Å². The third kappa shape index (κ3) is 5.33. The molecule has 3 heteroatoms. The van der Waals surface area contributed by atoms with E-state index in [0.717, 1.165) is 24.1 Å². The Morgan fingerprint density at radius 3 is 2.11 bits per heavy atom. The summed E-state index contributed by atoms with van der Waals surface area (Å²) in [5, 5.41) is 0. The fourth-order valence-corrected chi connectivity index (χ4v) is 3.33. The van der Waals surface area contributed by atoms with Gasteiger partial charge in [-0.2, -0.15) is 0 Å². The van der Waals surface area contributed by atoms with Gasteiger partial charge in [0.1, 0.15) is 6.54 Å². The van der Waals surface area contributed by atoms with E-state index in [1.54, 1.807) is 0 Å². The monoisotopic (exact) mass is 391 g/mol. The minimum Gasteiger partial charge on any atom is -1.00 e. The predicted molar refractivity (Wildman–Crippen MR) is 87.4 cm³/mol. The predicted octanol–water partition coefficient (Wildman–Crippen LogP) is 1.22. The van der Waals surface area contributed by atoms with E-state index in [1.807, 2.05) is 0 Å². The minimum absolute atomic E-state index is 0. The van der Waals surface area contributed by atoms with Crippen molar-refractivity contribution in [2.24, 2.45) is 0 Å². The maximum absolute atomic E-state index is 5.70. The Bertz CT molecular complexity index is 379. The van der Waals surface area contributed by atoms with E-state index in [9.17, 15) is 0 Å². The number of hydrogen-bond acceptors (Lipinski definition) is 0. The van der Waals surface area contributed by atoms with Crippen LogP contribution in [-0.4, -0.2) is 21.6 Å². The van der Waals surface area contributed by atoms with Gasteiger partial charge in [-0.05, 0) is 18.8 Å². The summed E-state index contributed by atoms with van der Waals surface area (Å²) in [5.74, 6) is 2.95. The van der Waals surface area contributed by atoms with Crippen LogP contribution in [0, 0.1) is 12.3 Å². The van der Waals surface area contributed by atoms with Gasteiger partial charge in [0.25, 0.3) is 0 Å². The van der Waals surface area contributed by atoms with Crippen LogP contribution in [0.2, 0.25) is 0 Å². The molecule has 1 nitrogen and oxygen atoms in total. The molecule has 0 spiro atoms. The van der Waals surface area contributed by atoms with Gasteiger partial charge < -0.3 is 12.4 Å². The molecular weight excluding hydrogens is 369 g/mol. The molecule has 19 heavy (non-hydrogen) atoms. The standard InChI is InChI=1S/C16H23IN.ClH/c1-4-12-18(13-5-2,16(17)6-3)14-15-10-8-7-9-11-15;/h3,7-11,16H,4-5,12-14H2,1-2H3;1H/q+1;/p-1. The van der Waals surface area contributed by atoms with E-state index >= 15 is 0 Å². The normalized spacial score (nSPS) is 12.3. The first-order chi connectivity index (χ1) is 8.68. The average Bonchev–Trinajstić information content (AvgIpc) is 2.39. The molecule has 1 atom stereocenters. The summed E-state index contributed by atoms with van der Waals surface area (Å²) in [6, 6.07) is 10.7. The van der Waals surface area contributed by atoms with Crippen molar-refractivity contribution in [2.45, 2.75) is 37.3 Å². The molecule has 1 rings (SSSR count). The molecule has 0 aromatic heterocycles. The number of quaternary nitrogens is 1. The average molecular weight is 392 g/mol. The number of benzene rings is 1. The summed E-state index contributed by atoms with van der Waals surface area (Å²) >= 11 is 2.43. The Hall–Kier alpha value is -0.240. The molecule has 0 bridgehead atoms. The highest BCUT2D eigenvalue weighted by molar-refractivity contribution is 14.1. The number of alkyl halides is 1. The number of hydrogen-bond donors (Lipinski definition) is 0. The Morgan fingerprint density at radius 1 is 1.16 bits per heavy atom. The quantitative estimate of drug-likeness (QED) is 0.216. The molecule has 1 unspecified atom stereocenters. The first-order valence-corrected chi connectivity index (χ1v) is 7.93. The molecule has 0 saturated heterocycles. The van der Waals surface area contributed by atoms with Crippen LogP contribution in [0.3, 0.4) is 0 Å². The Kier molecular flexibility index (Phi) is 9.51. The van der Waals surface area contributed by atoms with Gasteiger partial charge in [0, 0.05) is 28.2 Å². The van der Waals surface area contributed by atoms with Crippen molar-refractivity contribution in [1.29, 1.82) is 0 Å². The number of terminal acetylenes is 1. The fourth-order valence-electron chi connectivity index (χ4n) is 2.57. The highest BCUT2D eigenvalue weighted by Gasteiger charge is 2.32. The summed E-state index contributed by atoms with van der Waals surface area (Å²) in [6.07, 6.45) is 8.05. The summed E-state index contributed by atoms with van der Waals surface area (Å²) < 4.78 is 1.26. The number of rotatable bonds is 7. The molecule has 0 amide bonds. The lowest BCUT2D eigenvalue weighted by molar-refractivity contribution is -0.940. The second-order valence-electron chi connectivity index (χ2n) is 4.81. The Labute approximate surface area is 137 Å². The highest BCUT2D eigenvalue weighted by Crippen LogP contribution is 2.25. The third-order valence-corrected chi connectivity index (χ3v) is 4.84. The molecule has 0 heterocycles. The van der Waals surface area contributed by atoms with Crippen molar-refractivity contribution >= 4 is 22.6 Å². The molecule has 0 aliphatic carbocycles. The third-order valence-electron chi connectivity index (χ3n) is 3.30. The van der Waals surface area contributed by atoms with E-state index < -0.39 is 0 Å². The SMILES string of the molecule is C#CC(I)[N+](CCC)(CCC)Cc1ccccc1.[Cl-]. The van der Waals surface area contributed by atoms with Gasteiger partial charge in [-0.25, -0.2) is 0 Å². The molecule has 1 aromatic rings. The molecule has 106 valence electrons. The topological polar surface area (TPSA) is 0 Å². The van der Waals surface area contributed by atoms with Crippen LogP contribution in [0.5, 0.6) is 0 Å². The summed E-state index contributed by atoms with van der Waals surface area (Å²) in [6.45, 7) is 7.84. The van der Waals surface area contributed by atoms with Gasteiger partial charge in [0.2, 0.25) is 4.05 Å². The van der Waals surface area contributed by atoms with E-state index in [1.165, 1.54) is 18.4 Å². The van der Waals surface area contributed by atoms with E-state index in [-0.39, 0.29) is 16.5 Å². The van der Waals surface area contributed by atoms with Gasteiger partial charge in [0.15, 0.2) is 0 Å². The number of halogens is 2. The molecular formula is C16H23ClIN. The second kappa shape index (κ2) is 9.63. The van der Waals surface area contributed by atoms with Crippen LogP contribution in [0.4, 0.5) is 0 Å². The molecule has 0 aliphatic heterocycles. The van der Waals surface area contributed by atoms with E-state index in [2.05, 4.69) is 72.7 Å². The lowest BCUT2D eigenvalue weighted by Gasteiger charge is -2.40. The minimum atomic E-state index is 0. The summed E-state index contributed by atoms with van der Waals surface area (Å²) in [5.41, 5.74) is 1.39. The van der Waals surface area contributed by atoms with Crippen molar-refractivity contribution in [1.82, 2.24) is 0 Å². The zero-order valence-corrected chi connectivity index (χ0v) is 14.7. The van der Waals surface area contributed by atoms with Crippen LogP contribution in [0.1, 0.15) is 32.3 Å². The molecule has 1 aromatic carbocycles. The van der Waals surface area contributed by atoms with E-state index in [4.69, 9.17) is 6.42 Å². The zero-order chi connectivity index (χ0) is 13.4. The first kappa shape index (κ1) is 18.8. The summed E-state index contributed by atoms with van der Waals surface area (Å²) in [7, 11) is 0. The maximum atomic E-state index is 5.70. The smallest absolute Gasteiger partial charge is 0.200 e. The van der Waals surface area contributed by atoms with Crippen LogP contribution in [0.25, 0.3) is 0 Å². The molecule has 0 radical (unpaired) electrons. The maximum Gasteiger partial charge on any atom is 0.200 e. The Morgan fingerprint density at radius 2 is 1.68 bits per heavy atom. The lowest BCUT2D eigenvalue weighted by Crippen LogP contribution is -3.00. The van der Waals surface area contributed by atoms with Crippen molar-refractivity contribution in [3.63, 3.8) is 0 Å². The van der Waals surface area contributed by atoms with Crippen LogP contribution in [-0.2, 0) is 6.54 Å². The highest BCUT2D eigenvalue weighted by atomic mass is 127. The second-order valence-corrected chi connectivity index (χ2v) is 5.99. The zero-order valence-electron chi connectivity index (χ0n) is 11.8. The van der Waals surface area contributed by atoms with Gasteiger partial charge in [-0.1, -0.05) is 44.2 Å². The van der Waals surface area contributed by atoms with E-state index in [0.29, 0.717) is 0 Å². The van der Waals surface area contributed by atoms with Gasteiger partial charge >= 0.3 is 0 Å². The van der Waals surface area contributed by atoms with Gasteiger partial charge in [0.05, 0.1) is 13.1 Å². The van der Waals surface area contributed by atoms with Gasteiger partial charge in [-0.15, -0.1) is 6.42 Å². The van der Waals surface area contributed by atoms with Crippen molar-refractivity contribution < 1.29 is 16.9 Å². The van der Waals surface area contributed by atoms with Crippen LogP contribution >= 0.6 is 22.6 Å². The largest absolute Gasteiger partial charge is 1.00 e. The van der Waals surface area contributed by atoms with Gasteiger partial charge in [-0.3, -0.25) is 4.48 Å². The molecule has 0 N–H and O–H groups in total. The number of nitrogens with zero attached hydrogens (tertiary/aromatic N) is 1. The lowest BCUT2D eigenvalue weighted by atomic mass is 10.1. The molecule has 0 fully saturated rings. The Balaban J connectivity index is 0.00000324. The molecule has 0 aliphatic rings.